The molecule has 0 radical (unpaired) electrons. The predicted octanol–water partition coefficient (Wildman–Crippen LogP) is -2.31. The molecule has 2 aliphatic rings. The Balaban J connectivity index is -0.000000627. The normalized spacial score (nSPS) is 15.9. The Labute approximate surface area is 218 Å². The number of rotatable bonds is 5. The van der Waals surface area contributed by atoms with Gasteiger partial charge in [-0.2, -0.15) is 4.79 Å². The number of hydrogen-bond acceptors (Lipinski definition) is 12. The van der Waals surface area contributed by atoms with Crippen LogP contribution in [0.2, 0.25) is 0 Å². The first-order valence-electron chi connectivity index (χ1n) is 10.8. The zero-order chi connectivity index (χ0) is 30.4. The minimum atomic E-state index is -2.67. The van der Waals surface area contributed by atoms with Crippen molar-refractivity contribution in [3.05, 3.63) is 29.1 Å². The van der Waals surface area contributed by atoms with Crippen LogP contribution in [-0.2, 0) is 14.2 Å². The van der Waals surface area contributed by atoms with Crippen molar-refractivity contribution >= 4 is 35.3 Å². The fourth-order valence-corrected chi connectivity index (χ4v) is 2.50. The topological polar surface area (TPSA) is 229 Å². The summed E-state index contributed by atoms with van der Waals surface area (Å²) in [5, 5.41) is 55.6. The Morgan fingerprint density at radius 1 is 0.868 bits per heavy atom. The zero-order valence-electron chi connectivity index (χ0n) is 21.2. The molecule has 1 atom stereocenters. The molecule has 14 nitrogen and oxygen atoms in total. The number of halogens is 4. The van der Waals surface area contributed by atoms with Crippen molar-refractivity contribution in [3.8, 4) is 0 Å². The number of nitrogens with zero attached hydrogens (tertiary/aromatic N) is 3. The van der Waals surface area contributed by atoms with E-state index in [-0.39, 0.29) is 18.3 Å². The molecule has 38 heavy (non-hydrogen) atoms. The van der Waals surface area contributed by atoms with Crippen LogP contribution in [0.15, 0.2) is 23.6 Å². The van der Waals surface area contributed by atoms with Gasteiger partial charge in [0, 0.05) is 13.1 Å². The first-order chi connectivity index (χ1) is 17.4. The molecule has 22 heteroatoms. The number of hydrogen-bond donors (Lipinski definition) is 8. The Morgan fingerprint density at radius 2 is 1.26 bits per heavy atom. The molecule has 8 N–H and O–H groups in total. The quantitative estimate of drug-likeness (QED) is 0.0765. The molecule has 1 heterocycles. The van der Waals surface area contributed by atoms with Gasteiger partial charge in [0.15, 0.2) is 6.10 Å². The lowest BCUT2D eigenvalue weighted by Crippen LogP contribution is -2.40. The van der Waals surface area contributed by atoms with E-state index < -0.39 is 29.6 Å². The van der Waals surface area contributed by atoms with Gasteiger partial charge in [-0.25, -0.2) is 0 Å². The average molecular weight is 563 g/mol. The molecule has 1 unspecified atom stereocenters. The van der Waals surface area contributed by atoms with Gasteiger partial charge < -0.3 is 64.8 Å². The third-order valence-electron chi connectivity index (χ3n) is 3.38. The predicted molar refractivity (Wildman–Crippen MR) is 129 cm³/mol. The summed E-state index contributed by atoms with van der Waals surface area (Å²) in [5.41, 5.74) is 10.7. The van der Waals surface area contributed by atoms with Crippen LogP contribution in [0.3, 0.4) is 0 Å². The molecule has 0 amide bonds. The molecule has 0 saturated carbocycles. The van der Waals surface area contributed by atoms with Gasteiger partial charge in [0.05, 0.1) is 37.2 Å². The zero-order valence-corrected chi connectivity index (χ0v) is 21.2. The van der Waals surface area contributed by atoms with Crippen molar-refractivity contribution in [2.75, 3.05) is 26.3 Å². The summed E-state index contributed by atoms with van der Waals surface area (Å²) in [6, 6.07) is 0. The fraction of sp³-hybridized carbons (Fsp3) is 0.688. The van der Waals surface area contributed by atoms with E-state index in [2.05, 4.69) is 9.69 Å². The maximum atomic E-state index is 10.1. The number of ether oxygens (including phenoxy) is 3. The van der Waals surface area contributed by atoms with E-state index in [0.29, 0.717) is 24.7 Å². The van der Waals surface area contributed by atoms with Crippen molar-refractivity contribution in [2.45, 2.75) is 46.0 Å². The van der Waals surface area contributed by atoms with Gasteiger partial charge in [0.2, 0.25) is 0 Å². The Bertz CT molecular complexity index is 679. The van der Waals surface area contributed by atoms with E-state index in [1.165, 1.54) is 0 Å². The Morgan fingerprint density at radius 3 is 1.58 bits per heavy atom. The maximum Gasteiger partial charge on any atom is 0.674 e. The van der Waals surface area contributed by atoms with Gasteiger partial charge in [0.1, 0.15) is 5.76 Å². The van der Waals surface area contributed by atoms with Crippen LogP contribution < -0.4 is 0 Å². The van der Waals surface area contributed by atoms with Crippen molar-refractivity contribution in [1.82, 2.24) is 4.90 Å². The molecular weight excluding hydrogens is 529 g/mol. The lowest BCUT2D eigenvalue weighted by molar-refractivity contribution is -0.0313. The molecule has 1 aliphatic heterocycles. The highest BCUT2D eigenvalue weighted by atomic mass is 19.1. The van der Waals surface area contributed by atoms with Crippen molar-refractivity contribution < 1.29 is 76.5 Å². The van der Waals surface area contributed by atoms with Crippen LogP contribution in [0.1, 0.15) is 27.7 Å². The Kier molecular flexibility index (Phi) is 25.7. The van der Waals surface area contributed by atoms with Crippen LogP contribution in [0.5, 0.6) is 0 Å². The molecule has 2 rings (SSSR count). The average Bonchev–Trinajstić information content (AvgIpc) is 2.73. The maximum absolute atomic E-state index is 10.1. The van der Waals surface area contributed by atoms with E-state index >= 15 is 0 Å². The van der Waals surface area contributed by atoms with E-state index in [4.69, 9.17) is 54.4 Å². The van der Waals surface area contributed by atoms with E-state index in [1.807, 2.05) is 33.8 Å². The highest BCUT2D eigenvalue weighted by Crippen LogP contribution is 2.26. The fourth-order valence-electron chi connectivity index (χ4n) is 2.50. The molecular formula is C16H33B4F4N3O11. The summed E-state index contributed by atoms with van der Waals surface area (Å²) < 4.78 is 57.6. The highest BCUT2D eigenvalue weighted by molar-refractivity contribution is 6.32. The van der Waals surface area contributed by atoms with Crippen molar-refractivity contribution in [3.63, 3.8) is 0 Å². The molecule has 0 bridgehead atoms. The van der Waals surface area contributed by atoms with Crippen LogP contribution in [0.4, 0.5) is 17.3 Å². The molecule has 1 fully saturated rings. The van der Waals surface area contributed by atoms with Gasteiger partial charge in [-0.15, -0.1) is 0 Å². The van der Waals surface area contributed by atoms with Gasteiger partial charge in [-0.05, 0) is 33.8 Å². The largest absolute Gasteiger partial charge is 0.674 e. The lowest BCUT2D eigenvalue weighted by Gasteiger charge is -2.34. The molecule has 0 aromatic heterocycles. The number of morpholine rings is 1. The summed E-state index contributed by atoms with van der Waals surface area (Å²) in [6.45, 7) is 10.9. The molecule has 218 valence electrons. The second kappa shape index (κ2) is 24.1. The van der Waals surface area contributed by atoms with Crippen LogP contribution in [-0.4, -0.2) is 130 Å². The van der Waals surface area contributed by atoms with Crippen LogP contribution >= 0.6 is 0 Å². The first kappa shape index (κ1) is 40.5. The summed E-state index contributed by atoms with van der Waals surface area (Å²) in [6.07, 6.45) is 3.43. The molecule has 0 spiro atoms. The summed E-state index contributed by atoms with van der Waals surface area (Å²) in [5.74, 6) is 0.716. The summed E-state index contributed by atoms with van der Waals surface area (Å²) >= 11 is 0. The van der Waals surface area contributed by atoms with E-state index in [0.717, 1.165) is 18.8 Å². The van der Waals surface area contributed by atoms with Crippen molar-refractivity contribution in [1.29, 1.82) is 0 Å². The summed E-state index contributed by atoms with van der Waals surface area (Å²) in [7, 11) is -10.7. The van der Waals surface area contributed by atoms with Gasteiger partial charge in [-0.3, -0.25) is 17.3 Å². The van der Waals surface area contributed by atoms with Gasteiger partial charge in [-0.1, -0.05) is 0 Å². The second-order valence-corrected chi connectivity index (χ2v) is 7.20. The molecule has 1 aliphatic carbocycles. The minimum Gasteiger partial charge on any atom is -0.489 e. The lowest BCUT2D eigenvalue weighted by atomic mass is 10.0. The molecule has 1 saturated heterocycles. The van der Waals surface area contributed by atoms with Gasteiger partial charge in [0.25, 0.3) is 0 Å². The molecule has 0 aromatic carbocycles. The summed E-state index contributed by atoms with van der Waals surface area (Å²) in [4.78, 5) is 5.59. The SMILES string of the molecule is CC(C)OC1=CC(=[N+]=[N-])C(OC(C)C)C=C1N1CCOCC1.OB(O)F.OB(O)F.OB(O)F.OB(O)F. The van der Waals surface area contributed by atoms with Crippen molar-refractivity contribution in [2.24, 2.45) is 0 Å². The van der Waals surface area contributed by atoms with Gasteiger partial charge >= 0.3 is 35.3 Å². The monoisotopic (exact) mass is 563 g/mol. The smallest absolute Gasteiger partial charge is 0.489 e. The first-order valence-corrected chi connectivity index (χ1v) is 10.8. The van der Waals surface area contributed by atoms with Crippen LogP contribution in [0.25, 0.3) is 5.53 Å². The third kappa shape index (κ3) is 28.6. The third-order valence-corrected chi connectivity index (χ3v) is 3.38. The molecule has 0 aromatic rings. The second-order valence-electron chi connectivity index (χ2n) is 7.20. The minimum absolute atomic E-state index is 0.0323. The Hall–Kier alpha value is -1.96. The highest BCUT2D eigenvalue weighted by Gasteiger charge is 2.32. The standard InChI is InChI=1S/C16H25N3O3.4BFH2O2/c1-11(2)21-15-10-14(19-5-7-20-8-6-19)16(22-12(3)4)9-13(15)18-17;4*2-1(3)4/h9-12,15H,5-8H2,1-4H3;4*3-4H. The van der Waals surface area contributed by atoms with E-state index in [1.54, 1.807) is 6.08 Å². The van der Waals surface area contributed by atoms with E-state index in [9.17, 15) is 22.8 Å². The van der Waals surface area contributed by atoms with Crippen LogP contribution in [0, 0.1) is 0 Å².